The minimum atomic E-state index is -0.242. The van der Waals surface area contributed by atoms with Gasteiger partial charge in [0.25, 0.3) is 0 Å². The lowest BCUT2D eigenvalue weighted by atomic mass is 9.81. The van der Waals surface area contributed by atoms with Crippen LogP contribution in [-0.4, -0.2) is 58.5 Å². The molecule has 1 fully saturated rings. The van der Waals surface area contributed by atoms with E-state index in [2.05, 4.69) is 111 Å². The van der Waals surface area contributed by atoms with E-state index in [1.165, 1.54) is 33.9 Å². The van der Waals surface area contributed by atoms with Crippen molar-refractivity contribution in [3.63, 3.8) is 0 Å². The third-order valence-electron chi connectivity index (χ3n) is 9.51. The SMILES string of the molecule is CCN1/C(=C/C=C/C2=[N+](CCCCCC(=O)N3CCC(O)CC3)c3ccccc3C2(C)C)C(C)(C)c2ccccc21. The Balaban J connectivity index is 1.31. The van der Waals surface area contributed by atoms with Crippen molar-refractivity contribution in [2.45, 2.75) is 90.1 Å². The summed E-state index contributed by atoms with van der Waals surface area (Å²) in [6.07, 6.45) is 11.7. The smallest absolute Gasteiger partial charge is 0.222 e. The molecule has 1 N–H and O–H groups in total. The molecule has 0 atom stereocenters. The quantitative estimate of drug-likeness (QED) is 0.272. The van der Waals surface area contributed by atoms with E-state index < -0.39 is 0 Å². The van der Waals surface area contributed by atoms with Crippen LogP contribution in [0.2, 0.25) is 0 Å². The summed E-state index contributed by atoms with van der Waals surface area (Å²) in [4.78, 5) is 17.0. The minimum Gasteiger partial charge on any atom is -0.393 e. The molecule has 218 valence electrons. The van der Waals surface area contributed by atoms with Gasteiger partial charge in [-0.1, -0.05) is 56.3 Å². The molecule has 5 nitrogen and oxygen atoms in total. The van der Waals surface area contributed by atoms with E-state index in [-0.39, 0.29) is 22.8 Å². The fourth-order valence-corrected chi connectivity index (χ4v) is 7.09. The molecule has 0 aliphatic carbocycles. The highest BCUT2D eigenvalue weighted by Gasteiger charge is 2.44. The number of allylic oxidation sites excluding steroid dienone is 4. The largest absolute Gasteiger partial charge is 0.393 e. The summed E-state index contributed by atoms with van der Waals surface area (Å²) in [5.41, 5.74) is 7.93. The van der Waals surface area contributed by atoms with E-state index in [4.69, 9.17) is 0 Å². The van der Waals surface area contributed by atoms with Crippen molar-refractivity contribution in [3.05, 3.63) is 83.6 Å². The van der Waals surface area contributed by atoms with Gasteiger partial charge in [0.1, 0.15) is 6.54 Å². The lowest BCUT2D eigenvalue weighted by Crippen LogP contribution is -2.39. The molecule has 3 aliphatic heterocycles. The lowest BCUT2D eigenvalue weighted by Gasteiger charge is -2.29. The number of carbonyl (C=O) groups excluding carboxylic acids is 1. The number of para-hydroxylation sites is 2. The van der Waals surface area contributed by atoms with Crippen LogP contribution >= 0.6 is 0 Å². The molecule has 0 aromatic heterocycles. The molecule has 5 heteroatoms. The fourth-order valence-electron chi connectivity index (χ4n) is 7.09. The predicted octanol–water partition coefficient (Wildman–Crippen LogP) is 6.86. The zero-order chi connectivity index (χ0) is 29.2. The molecular formula is C36H48N3O2+. The molecule has 3 aliphatic rings. The van der Waals surface area contributed by atoms with Crippen molar-refractivity contribution in [2.24, 2.45) is 0 Å². The monoisotopic (exact) mass is 554 g/mol. The number of aliphatic hydroxyl groups is 1. The summed E-state index contributed by atoms with van der Waals surface area (Å²) in [6.45, 7) is 14.8. The van der Waals surface area contributed by atoms with Gasteiger partial charge in [0.2, 0.25) is 11.6 Å². The van der Waals surface area contributed by atoms with Gasteiger partial charge in [0.15, 0.2) is 5.71 Å². The number of anilines is 1. The highest BCUT2D eigenvalue weighted by molar-refractivity contribution is 6.03. The summed E-state index contributed by atoms with van der Waals surface area (Å²) in [7, 11) is 0. The number of likely N-dealkylation sites (tertiary alicyclic amines) is 1. The molecule has 0 bridgehead atoms. The third kappa shape index (κ3) is 5.66. The number of hydrogen-bond acceptors (Lipinski definition) is 3. The van der Waals surface area contributed by atoms with Crippen molar-refractivity contribution in [2.75, 3.05) is 31.1 Å². The first kappa shape index (κ1) is 29.3. The number of amides is 1. The highest BCUT2D eigenvalue weighted by atomic mass is 16.3. The zero-order valence-electron chi connectivity index (χ0n) is 25.7. The Morgan fingerprint density at radius 1 is 0.951 bits per heavy atom. The van der Waals surface area contributed by atoms with Gasteiger partial charge in [-0.2, -0.15) is 4.58 Å². The Bertz CT molecular complexity index is 1360. The van der Waals surface area contributed by atoms with Crippen LogP contribution in [0.5, 0.6) is 0 Å². The Morgan fingerprint density at radius 2 is 1.63 bits per heavy atom. The van der Waals surface area contributed by atoms with Crippen molar-refractivity contribution in [3.8, 4) is 0 Å². The number of nitrogens with zero attached hydrogens (tertiary/aromatic N) is 3. The van der Waals surface area contributed by atoms with E-state index in [1.807, 2.05) is 4.90 Å². The highest BCUT2D eigenvalue weighted by Crippen LogP contribution is 2.47. The van der Waals surface area contributed by atoms with Gasteiger partial charge in [-0.3, -0.25) is 4.79 Å². The number of piperidine rings is 1. The Kier molecular flexibility index (Phi) is 8.56. The van der Waals surface area contributed by atoms with Crippen LogP contribution in [0, 0.1) is 0 Å². The number of carbonyl (C=O) groups is 1. The molecule has 0 saturated carbocycles. The number of aliphatic hydroxyl groups excluding tert-OH is 1. The van der Waals surface area contributed by atoms with Crippen molar-refractivity contribution < 1.29 is 14.5 Å². The standard InChI is InChI=1S/C36H48N3O2/c1-6-38-30-17-11-9-15-28(30)35(2,3)32(38)19-14-20-33-36(4,5)29-16-10-12-18-31(29)39(33)24-13-7-8-21-34(41)37-25-22-27(40)23-26-37/h9-12,14-20,27,40H,6-8,13,21-26H2,1-5H3/q+1. The molecule has 2 aromatic rings. The molecule has 2 aromatic carbocycles. The van der Waals surface area contributed by atoms with E-state index in [0.29, 0.717) is 32.4 Å². The van der Waals surface area contributed by atoms with Crippen LogP contribution in [0.4, 0.5) is 11.4 Å². The van der Waals surface area contributed by atoms with E-state index in [1.54, 1.807) is 0 Å². The van der Waals surface area contributed by atoms with E-state index in [9.17, 15) is 9.90 Å². The molecule has 41 heavy (non-hydrogen) atoms. The minimum absolute atomic E-state index is 0.0408. The van der Waals surface area contributed by atoms with Gasteiger partial charge in [-0.25, -0.2) is 0 Å². The Morgan fingerprint density at radius 3 is 2.37 bits per heavy atom. The van der Waals surface area contributed by atoms with Crippen molar-refractivity contribution in [1.29, 1.82) is 0 Å². The zero-order valence-corrected chi connectivity index (χ0v) is 25.7. The normalized spacial score (nSPS) is 20.8. The summed E-state index contributed by atoms with van der Waals surface area (Å²) >= 11 is 0. The molecule has 1 saturated heterocycles. The van der Waals surface area contributed by atoms with E-state index in [0.717, 1.165) is 32.4 Å². The maximum atomic E-state index is 12.6. The topological polar surface area (TPSA) is 46.8 Å². The van der Waals surface area contributed by atoms with Crippen LogP contribution in [0.3, 0.4) is 0 Å². The van der Waals surface area contributed by atoms with Crippen LogP contribution in [0.25, 0.3) is 0 Å². The number of hydrogen-bond donors (Lipinski definition) is 1. The first-order chi connectivity index (χ1) is 19.7. The van der Waals surface area contributed by atoms with E-state index >= 15 is 0 Å². The van der Waals surface area contributed by atoms with Crippen molar-refractivity contribution in [1.82, 2.24) is 4.90 Å². The number of likely N-dealkylation sites (N-methyl/N-ethyl adjacent to an activating group) is 1. The molecule has 1 amide bonds. The third-order valence-corrected chi connectivity index (χ3v) is 9.51. The Labute approximate surface area is 246 Å². The molecule has 5 rings (SSSR count). The lowest BCUT2D eigenvalue weighted by molar-refractivity contribution is -0.438. The van der Waals surface area contributed by atoms with Crippen LogP contribution in [0.15, 0.2) is 72.5 Å². The van der Waals surface area contributed by atoms with Gasteiger partial charge in [0, 0.05) is 67.0 Å². The van der Waals surface area contributed by atoms with Gasteiger partial charge in [-0.05, 0) is 64.2 Å². The van der Waals surface area contributed by atoms with Crippen LogP contribution in [0.1, 0.15) is 84.3 Å². The molecule has 0 radical (unpaired) electrons. The molecule has 0 unspecified atom stereocenters. The summed E-state index contributed by atoms with van der Waals surface area (Å²) in [5.74, 6) is 0.242. The number of benzene rings is 2. The molecular weight excluding hydrogens is 506 g/mol. The maximum Gasteiger partial charge on any atom is 0.222 e. The van der Waals surface area contributed by atoms with Gasteiger partial charge < -0.3 is 14.9 Å². The number of unbranched alkanes of at least 4 members (excludes halogenated alkanes) is 2. The van der Waals surface area contributed by atoms with Gasteiger partial charge in [-0.15, -0.1) is 0 Å². The average Bonchev–Trinajstić information content (AvgIpc) is 3.32. The molecule has 3 heterocycles. The second kappa shape index (κ2) is 12.0. The summed E-state index contributed by atoms with van der Waals surface area (Å²) in [6, 6.07) is 17.6. The van der Waals surface area contributed by atoms with Crippen LogP contribution in [-0.2, 0) is 15.6 Å². The van der Waals surface area contributed by atoms with Crippen molar-refractivity contribution >= 4 is 23.0 Å². The first-order valence-electron chi connectivity index (χ1n) is 15.6. The number of rotatable bonds is 9. The Hall–Kier alpha value is -3.18. The van der Waals surface area contributed by atoms with Gasteiger partial charge >= 0.3 is 0 Å². The first-order valence-corrected chi connectivity index (χ1v) is 15.6. The van der Waals surface area contributed by atoms with Crippen LogP contribution < -0.4 is 4.90 Å². The number of fused-ring (bicyclic) bond motifs is 2. The summed E-state index contributed by atoms with van der Waals surface area (Å²) in [5, 5.41) is 9.72. The van der Waals surface area contributed by atoms with Gasteiger partial charge in [0.05, 0.1) is 11.5 Å². The second-order valence-electron chi connectivity index (χ2n) is 12.9. The summed E-state index contributed by atoms with van der Waals surface area (Å²) < 4.78 is 2.50. The average molecular weight is 555 g/mol. The fraction of sp³-hybridized carbons (Fsp3) is 0.500. The predicted molar refractivity (Wildman–Crippen MR) is 169 cm³/mol. The maximum absolute atomic E-state index is 12.6. The second-order valence-corrected chi connectivity index (χ2v) is 12.9. The molecule has 0 spiro atoms.